The van der Waals surface area contributed by atoms with Crippen molar-refractivity contribution in [2.45, 2.75) is 50.0 Å². The molecular weight excluding hydrogens is 480 g/mol. The van der Waals surface area contributed by atoms with Gasteiger partial charge in [0, 0.05) is 6.61 Å². The number of rotatable bonds is 13. The average Bonchev–Trinajstić information content (AvgIpc) is 3.41. The van der Waals surface area contributed by atoms with E-state index in [9.17, 15) is 14.4 Å². The third-order valence-electron chi connectivity index (χ3n) is 6.19. The SMILES string of the molecule is CC(COc1ccc(CC2SC(=O)NC2=O)cc1)N1CC(COCCCCc2ccccc2)OC1=O. The minimum atomic E-state index is -0.392. The number of hydrogen-bond donors (Lipinski definition) is 1. The smallest absolute Gasteiger partial charge is 0.410 e. The Balaban J connectivity index is 1.12. The summed E-state index contributed by atoms with van der Waals surface area (Å²) in [6.45, 7) is 3.78. The number of carbonyl (C=O) groups is 3. The maximum absolute atomic E-state index is 12.3. The van der Waals surface area contributed by atoms with Crippen LogP contribution in [0.15, 0.2) is 54.6 Å². The monoisotopic (exact) mass is 512 g/mol. The van der Waals surface area contributed by atoms with Crippen molar-refractivity contribution >= 4 is 29.0 Å². The molecule has 2 saturated heterocycles. The molecule has 0 aromatic heterocycles. The first-order valence-electron chi connectivity index (χ1n) is 12.3. The summed E-state index contributed by atoms with van der Waals surface area (Å²) in [4.78, 5) is 37.0. The Morgan fingerprint density at radius 2 is 1.83 bits per heavy atom. The predicted octanol–water partition coefficient (Wildman–Crippen LogP) is 4.21. The summed E-state index contributed by atoms with van der Waals surface area (Å²) in [7, 11) is 0. The van der Waals surface area contributed by atoms with Crippen LogP contribution in [0.25, 0.3) is 0 Å². The molecule has 1 N–H and O–H groups in total. The van der Waals surface area contributed by atoms with E-state index in [1.54, 1.807) is 4.90 Å². The van der Waals surface area contributed by atoms with Gasteiger partial charge in [-0.3, -0.25) is 19.8 Å². The fraction of sp³-hybridized carbons (Fsp3) is 0.444. The Labute approximate surface area is 215 Å². The molecule has 36 heavy (non-hydrogen) atoms. The molecule has 2 heterocycles. The van der Waals surface area contributed by atoms with Crippen LogP contribution in [0, 0.1) is 0 Å². The molecule has 8 nitrogen and oxygen atoms in total. The lowest BCUT2D eigenvalue weighted by atomic mass is 10.1. The van der Waals surface area contributed by atoms with E-state index in [0.717, 1.165) is 36.6 Å². The summed E-state index contributed by atoms with van der Waals surface area (Å²) >= 11 is 1.02. The lowest BCUT2D eigenvalue weighted by Crippen LogP contribution is -2.38. The van der Waals surface area contributed by atoms with E-state index in [1.807, 2.05) is 37.3 Å². The van der Waals surface area contributed by atoms with Crippen molar-refractivity contribution in [3.63, 3.8) is 0 Å². The first-order valence-corrected chi connectivity index (χ1v) is 13.2. The van der Waals surface area contributed by atoms with E-state index >= 15 is 0 Å². The number of aryl methyl sites for hydroxylation is 1. The summed E-state index contributed by atoms with van der Waals surface area (Å²) in [5, 5.41) is 1.61. The Hall–Kier alpha value is -3.04. The van der Waals surface area contributed by atoms with Crippen molar-refractivity contribution < 1.29 is 28.6 Å². The normalized spacial score (nSPS) is 20.4. The lowest BCUT2D eigenvalue weighted by molar-refractivity contribution is -0.118. The standard InChI is InChI=1S/C27H32N2O6S/c1-19(17-34-22-12-10-21(11-13-22)15-24-25(30)28-26(31)36-24)29-16-23(35-27(29)32)18-33-14-6-5-9-20-7-3-2-4-8-20/h2-4,7-8,10-13,19,23-24H,5-6,9,14-18H2,1H3,(H,28,30,31). The molecule has 0 spiro atoms. The predicted molar refractivity (Wildman–Crippen MR) is 137 cm³/mol. The van der Waals surface area contributed by atoms with Crippen LogP contribution in [0.4, 0.5) is 9.59 Å². The number of cyclic esters (lactones) is 1. The molecule has 3 atom stereocenters. The number of thioether (sulfide) groups is 1. The van der Waals surface area contributed by atoms with Gasteiger partial charge in [-0.05, 0) is 55.9 Å². The van der Waals surface area contributed by atoms with Crippen molar-refractivity contribution in [2.24, 2.45) is 0 Å². The van der Waals surface area contributed by atoms with Crippen molar-refractivity contribution in [3.05, 3.63) is 65.7 Å². The molecule has 0 saturated carbocycles. The summed E-state index contributed by atoms with van der Waals surface area (Å²) in [6, 6.07) is 17.7. The van der Waals surface area contributed by atoms with Crippen LogP contribution < -0.4 is 10.1 Å². The molecular formula is C27H32N2O6S. The van der Waals surface area contributed by atoms with E-state index in [4.69, 9.17) is 14.2 Å². The van der Waals surface area contributed by atoms with Gasteiger partial charge in [-0.1, -0.05) is 54.2 Å². The zero-order valence-electron chi connectivity index (χ0n) is 20.4. The molecule has 0 bridgehead atoms. The van der Waals surface area contributed by atoms with Crippen LogP contribution in [-0.4, -0.2) is 65.9 Å². The first kappa shape index (κ1) is 26.0. The van der Waals surface area contributed by atoms with Crippen LogP contribution in [-0.2, 0) is 27.1 Å². The highest BCUT2D eigenvalue weighted by molar-refractivity contribution is 8.15. The second kappa shape index (κ2) is 12.8. The highest BCUT2D eigenvalue weighted by Crippen LogP contribution is 2.24. The van der Waals surface area contributed by atoms with Crippen LogP contribution >= 0.6 is 11.8 Å². The fourth-order valence-corrected chi connectivity index (χ4v) is 5.01. The van der Waals surface area contributed by atoms with Crippen molar-refractivity contribution in [1.82, 2.24) is 10.2 Å². The topological polar surface area (TPSA) is 94.2 Å². The fourth-order valence-electron chi connectivity index (χ4n) is 4.15. The minimum Gasteiger partial charge on any atom is -0.491 e. The van der Waals surface area contributed by atoms with Gasteiger partial charge in [0.1, 0.15) is 18.5 Å². The molecule has 0 aliphatic carbocycles. The Morgan fingerprint density at radius 1 is 1.06 bits per heavy atom. The highest BCUT2D eigenvalue weighted by Gasteiger charge is 2.35. The van der Waals surface area contributed by atoms with Crippen LogP contribution in [0.5, 0.6) is 5.75 Å². The Kier molecular flexibility index (Phi) is 9.24. The number of nitrogens with one attached hydrogen (secondary N) is 1. The van der Waals surface area contributed by atoms with Crippen molar-refractivity contribution in [2.75, 3.05) is 26.4 Å². The average molecular weight is 513 g/mol. The summed E-state index contributed by atoms with van der Waals surface area (Å²) < 4.78 is 17.1. The maximum Gasteiger partial charge on any atom is 0.410 e. The summed E-state index contributed by atoms with van der Waals surface area (Å²) in [6.07, 6.45) is 2.92. The van der Waals surface area contributed by atoms with Gasteiger partial charge in [-0.15, -0.1) is 0 Å². The van der Waals surface area contributed by atoms with Crippen LogP contribution in [0.2, 0.25) is 0 Å². The molecule has 3 amide bonds. The molecule has 2 aliphatic heterocycles. The molecule has 2 aromatic carbocycles. The summed E-state index contributed by atoms with van der Waals surface area (Å²) in [5.74, 6) is 0.427. The second-order valence-electron chi connectivity index (χ2n) is 9.07. The van der Waals surface area contributed by atoms with Gasteiger partial charge in [0.2, 0.25) is 5.91 Å². The van der Waals surface area contributed by atoms with Gasteiger partial charge in [-0.25, -0.2) is 4.79 Å². The van der Waals surface area contributed by atoms with E-state index in [0.29, 0.717) is 38.5 Å². The third kappa shape index (κ3) is 7.48. The minimum absolute atomic E-state index is 0.155. The van der Waals surface area contributed by atoms with Gasteiger partial charge < -0.3 is 14.2 Å². The second-order valence-corrected chi connectivity index (χ2v) is 10.2. The quantitative estimate of drug-likeness (QED) is 0.402. The molecule has 3 unspecified atom stereocenters. The zero-order valence-corrected chi connectivity index (χ0v) is 21.2. The van der Waals surface area contributed by atoms with E-state index in [-0.39, 0.29) is 29.4 Å². The molecule has 2 aliphatic rings. The number of benzene rings is 2. The van der Waals surface area contributed by atoms with Crippen molar-refractivity contribution in [3.8, 4) is 5.75 Å². The van der Waals surface area contributed by atoms with Gasteiger partial charge in [-0.2, -0.15) is 0 Å². The number of nitrogens with zero attached hydrogens (tertiary/aromatic N) is 1. The van der Waals surface area contributed by atoms with E-state index < -0.39 is 5.25 Å². The lowest BCUT2D eigenvalue weighted by Gasteiger charge is -2.22. The number of hydrogen-bond acceptors (Lipinski definition) is 7. The Morgan fingerprint density at radius 3 is 2.56 bits per heavy atom. The van der Waals surface area contributed by atoms with Gasteiger partial charge in [0.15, 0.2) is 0 Å². The largest absolute Gasteiger partial charge is 0.491 e. The number of unbranched alkanes of at least 4 members (excludes halogenated alkanes) is 1. The Bertz CT molecular complexity index is 1030. The van der Waals surface area contributed by atoms with E-state index in [1.165, 1.54) is 5.56 Å². The molecule has 2 fully saturated rings. The molecule has 0 radical (unpaired) electrons. The summed E-state index contributed by atoms with van der Waals surface area (Å²) in [5.41, 5.74) is 2.28. The number of carbonyl (C=O) groups excluding carboxylic acids is 3. The molecule has 2 aromatic rings. The van der Waals surface area contributed by atoms with Gasteiger partial charge in [0.05, 0.1) is 24.4 Å². The van der Waals surface area contributed by atoms with Crippen LogP contribution in [0.1, 0.15) is 30.9 Å². The van der Waals surface area contributed by atoms with E-state index in [2.05, 4.69) is 29.6 Å². The van der Waals surface area contributed by atoms with Crippen molar-refractivity contribution in [1.29, 1.82) is 0 Å². The maximum atomic E-state index is 12.3. The third-order valence-corrected chi connectivity index (χ3v) is 7.17. The molecule has 192 valence electrons. The molecule has 9 heteroatoms. The zero-order chi connectivity index (χ0) is 25.3. The number of ether oxygens (including phenoxy) is 3. The highest BCUT2D eigenvalue weighted by atomic mass is 32.2. The first-order chi connectivity index (χ1) is 17.5. The van der Waals surface area contributed by atoms with Crippen LogP contribution in [0.3, 0.4) is 0 Å². The number of amides is 3. The van der Waals surface area contributed by atoms with Gasteiger partial charge in [0.25, 0.3) is 5.24 Å². The number of imide groups is 1. The van der Waals surface area contributed by atoms with Gasteiger partial charge >= 0.3 is 6.09 Å². The molecule has 4 rings (SSSR count).